The second-order valence-corrected chi connectivity index (χ2v) is 6.71. The molecule has 1 aromatic carbocycles. The highest BCUT2D eigenvalue weighted by molar-refractivity contribution is 6.31. The molecule has 0 bridgehead atoms. The van der Waals surface area contributed by atoms with E-state index in [2.05, 4.69) is 22.2 Å². The summed E-state index contributed by atoms with van der Waals surface area (Å²) < 4.78 is 0. The van der Waals surface area contributed by atoms with E-state index in [0.29, 0.717) is 22.5 Å². The number of anilines is 2. The summed E-state index contributed by atoms with van der Waals surface area (Å²) in [6.45, 7) is 5.77. The second-order valence-electron chi connectivity index (χ2n) is 6.31. The van der Waals surface area contributed by atoms with Crippen LogP contribution in [0.2, 0.25) is 5.02 Å². The molecular weight excluding hydrogens is 324 g/mol. The monoisotopic (exact) mass is 344 g/mol. The first-order valence-electron chi connectivity index (χ1n) is 8.18. The average molecular weight is 345 g/mol. The molecule has 1 aliphatic heterocycles. The first kappa shape index (κ1) is 16.7. The number of nitrogens with zero attached hydrogens (tertiary/aromatic N) is 3. The molecule has 126 valence electrons. The molecule has 0 saturated carbocycles. The van der Waals surface area contributed by atoms with E-state index in [4.69, 9.17) is 11.6 Å². The fourth-order valence-corrected chi connectivity index (χ4v) is 2.94. The first-order chi connectivity index (χ1) is 11.5. The summed E-state index contributed by atoms with van der Waals surface area (Å²) in [4.78, 5) is 22.9. The predicted molar refractivity (Wildman–Crippen MR) is 95.8 cm³/mol. The molecule has 0 atom stereocenters. The Kier molecular flexibility index (Phi) is 5.00. The highest BCUT2D eigenvalue weighted by Crippen LogP contribution is 2.25. The highest BCUT2D eigenvalue weighted by atomic mass is 35.5. The number of carbonyl (C=O) groups excluding carboxylic acids is 1. The van der Waals surface area contributed by atoms with Gasteiger partial charge in [-0.1, -0.05) is 24.6 Å². The molecule has 1 fully saturated rings. The molecule has 2 heterocycles. The maximum Gasteiger partial charge on any atom is 0.256 e. The van der Waals surface area contributed by atoms with Crippen LogP contribution < -0.4 is 5.32 Å². The molecule has 6 heteroatoms. The van der Waals surface area contributed by atoms with Crippen LogP contribution in [0.5, 0.6) is 0 Å². The van der Waals surface area contributed by atoms with Gasteiger partial charge in [-0.25, -0.2) is 9.97 Å². The summed E-state index contributed by atoms with van der Waals surface area (Å²) in [5, 5.41) is 3.82. The van der Waals surface area contributed by atoms with Crippen LogP contribution in [0.4, 0.5) is 11.6 Å². The van der Waals surface area contributed by atoms with E-state index in [-0.39, 0.29) is 5.91 Å². The van der Waals surface area contributed by atoms with Gasteiger partial charge in [0.05, 0.1) is 5.56 Å². The molecule has 1 aromatic heterocycles. The van der Waals surface area contributed by atoms with Crippen molar-refractivity contribution >= 4 is 29.1 Å². The number of amides is 1. The van der Waals surface area contributed by atoms with Gasteiger partial charge >= 0.3 is 0 Å². The number of likely N-dealkylation sites (tertiary alicyclic amines) is 1. The quantitative estimate of drug-likeness (QED) is 0.912. The van der Waals surface area contributed by atoms with Gasteiger partial charge in [-0.3, -0.25) is 4.79 Å². The third-order valence-corrected chi connectivity index (χ3v) is 4.89. The van der Waals surface area contributed by atoms with Gasteiger partial charge < -0.3 is 10.2 Å². The van der Waals surface area contributed by atoms with E-state index in [0.717, 1.165) is 37.2 Å². The smallest absolute Gasteiger partial charge is 0.256 e. The zero-order valence-electron chi connectivity index (χ0n) is 13.9. The number of hydrogen-bond donors (Lipinski definition) is 1. The second kappa shape index (κ2) is 7.18. The summed E-state index contributed by atoms with van der Waals surface area (Å²) in [5.41, 5.74) is 2.31. The Morgan fingerprint density at radius 1 is 1.25 bits per heavy atom. The van der Waals surface area contributed by atoms with E-state index in [9.17, 15) is 4.79 Å². The summed E-state index contributed by atoms with van der Waals surface area (Å²) in [6, 6.07) is 5.62. The van der Waals surface area contributed by atoms with E-state index >= 15 is 0 Å². The maximum atomic E-state index is 12.5. The van der Waals surface area contributed by atoms with E-state index in [1.165, 1.54) is 0 Å². The molecule has 0 unspecified atom stereocenters. The van der Waals surface area contributed by atoms with Crippen molar-refractivity contribution in [3.63, 3.8) is 0 Å². The standard InChI is InChI=1S/C18H21ClN4O/c1-12-6-8-23(9-7-12)17(24)14-10-20-18(21-11-14)22-16-5-3-4-15(19)13(16)2/h3-5,10-12H,6-9H2,1-2H3,(H,20,21,22). The van der Waals surface area contributed by atoms with Crippen LogP contribution in [0.3, 0.4) is 0 Å². The fraction of sp³-hybridized carbons (Fsp3) is 0.389. The lowest BCUT2D eigenvalue weighted by atomic mass is 9.99. The summed E-state index contributed by atoms with van der Waals surface area (Å²) >= 11 is 6.11. The van der Waals surface area contributed by atoms with Gasteiger partial charge in [-0.15, -0.1) is 0 Å². The molecular formula is C18H21ClN4O. The first-order valence-corrected chi connectivity index (χ1v) is 8.56. The van der Waals surface area contributed by atoms with Crippen molar-refractivity contribution in [3.8, 4) is 0 Å². The average Bonchev–Trinajstić information content (AvgIpc) is 2.60. The molecule has 1 aliphatic rings. The molecule has 2 aromatic rings. The minimum atomic E-state index is 0.00684. The number of carbonyl (C=O) groups is 1. The number of piperidine rings is 1. The Hall–Kier alpha value is -2.14. The molecule has 0 aliphatic carbocycles. The largest absolute Gasteiger partial charge is 0.339 e. The topological polar surface area (TPSA) is 58.1 Å². The van der Waals surface area contributed by atoms with Crippen LogP contribution in [-0.4, -0.2) is 33.9 Å². The Bertz CT molecular complexity index is 724. The van der Waals surface area contributed by atoms with E-state index in [1.807, 2.05) is 30.0 Å². The number of benzene rings is 1. The molecule has 1 amide bonds. The van der Waals surface area contributed by atoms with Crippen LogP contribution in [0.25, 0.3) is 0 Å². The molecule has 3 rings (SSSR count). The summed E-state index contributed by atoms with van der Waals surface area (Å²) in [5.74, 6) is 1.15. The predicted octanol–water partition coefficient (Wildman–Crippen LogP) is 4.05. The lowest BCUT2D eigenvalue weighted by Gasteiger charge is -2.30. The minimum absolute atomic E-state index is 0.00684. The maximum absolute atomic E-state index is 12.5. The van der Waals surface area contributed by atoms with Crippen molar-refractivity contribution in [1.82, 2.24) is 14.9 Å². The minimum Gasteiger partial charge on any atom is -0.339 e. The lowest BCUT2D eigenvalue weighted by molar-refractivity contribution is 0.0696. The number of halogens is 1. The van der Waals surface area contributed by atoms with Crippen molar-refractivity contribution < 1.29 is 4.79 Å². The normalized spacial score (nSPS) is 15.4. The van der Waals surface area contributed by atoms with Gasteiger partial charge in [0, 0.05) is 36.2 Å². The molecule has 0 spiro atoms. The van der Waals surface area contributed by atoms with Gasteiger partial charge in [0.25, 0.3) is 5.91 Å². The molecule has 1 saturated heterocycles. The summed E-state index contributed by atoms with van der Waals surface area (Å²) in [7, 11) is 0. The molecule has 0 radical (unpaired) electrons. The van der Waals surface area contributed by atoms with Gasteiger partial charge in [0.15, 0.2) is 0 Å². The van der Waals surface area contributed by atoms with Crippen molar-refractivity contribution in [2.24, 2.45) is 5.92 Å². The van der Waals surface area contributed by atoms with Crippen LogP contribution in [0.1, 0.15) is 35.7 Å². The van der Waals surface area contributed by atoms with Crippen molar-refractivity contribution in [2.75, 3.05) is 18.4 Å². The van der Waals surface area contributed by atoms with Crippen LogP contribution in [0.15, 0.2) is 30.6 Å². The van der Waals surface area contributed by atoms with Gasteiger partial charge in [-0.2, -0.15) is 0 Å². The van der Waals surface area contributed by atoms with E-state index in [1.54, 1.807) is 12.4 Å². The zero-order chi connectivity index (χ0) is 17.1. The Morgan fingerprint density at radius 2 is 1.92 bits per heavy atom. The number of nitrogens with one attached hydrogen (secondary N) is 1. The Balaban J connectivity index is 1.69. The Labute approximate surface area is 147 Å². The molecule has 24 heavy (non-hydrogen) atoms. The lowest BCUT2D eigenvalue weighted by Crippen LogP contribution is -2.38. The SMILES string of the molecule is Cc1c(Cl)cccc1Nc1ncc(C(=O)N2CCC(C)CC2)cn1. The fourth-order valence-electron chi connectivity index (χ4n) is 2.76. The van der Waals surface area contributed by atoms with Gasteiger partial charge in [0.1, 0.15) is 0 Å². The number of aromatic nitrogens is 2. The highest BCUT2D eigenvalue weighted by Gasteiger charge is 2.21. The molecule has 5 nitrogen and oxygen atoms in total. The van der Waals surface area contributed by atoms with Crippen LogP contribution in [-0.2, 0) is 0 Å². The summed E-state index contributed by atoms with van der Waals surface area (Å²) in [6.07, 6.45) is 5.27. The van der Waals surface area contributed by atoms with E-state index < -0.39 is 0 Å². The third-order valence-electron chi connectivity index (χ3n) is 4.48. The number of rotatable bonds is 3. The third kappa shape index (κ3) is 3.67. The van der Waals surface area contributed by atoms with Crippen molar-refractivity contribution in [2.45, 2.75) is 26.7 Å². The van der Waals surface area contributed by atoms with Gasteiger partial charge in [0.2, 0.25) is 5.95 Å². The Morgan fingerprint density at radius 3 is 2.58 bits per heavy atom. The van der Waals surface area contributed by atoms with Crippen LogP contribution in [0, 0.1) is 12.8 Å². The van der Waals surface area contributed by atoms with Crippen molar-refractivity contribution in [3.05, 3.63) is 46.7 Å². The van der Waals surface area contributed by atoms with Crippen molar-refractivity contribution in [1.29, 1.82) is 0 Å². The van der Waals surface area contributed by atoms with Crippen LogP contribution >= 0.6 is 11.6 Å². The zero-order valence-corrected chi connectivity index (χ0v) is 14.7. The van der Waals surface area contributed by atoms with Gasteiger partial charge in [-0.05, 0) is 43.4 Å². The molecule has 1 N–H and O–H groups in total. The number of hydrogen-bond acceptors (Lipinski definition) is 4.